The van der Waals surface area contributed by atoms with Crippen LogP contribution < -0.4 is 5.32 Å². The average molecular weight is 322 g/mol. The van der Waals surface area contributed by atoms with Crippen LogP contribution in [0, 0.1) is 17.0 Å². The van der Waals surface area contributed by atoms with Crippen LogP contribution in [-0.2, 0) is 0 Å². The van der Waals surface area contributed by atoms with E-state index in [1.807, 2.05) is 19.2 Å². The first kappa shape index (κ1) is 16.3. The minimum atomic E-state index is -0.531. The molecule has 0 saturated carbocycles. The molecule has 2 rings (SSSR count). The molecule has 0 radical (unpaired) electrons. The molecule has 2 aromatic rings. The van der Waals surface area contributed by atoms with E-state index >= 15 is 0 Å². The van der Waals surface area contributed by atoms with E-state index in [1.54, 1.807) is 13.0 Å². The van der Waals surface area contributed by atoms with Crippen molar-refractivity contribution in [3.8, 4) is 0 Å². The first-order chi connectivity index (χ1) is 10.4. The largest absolute Gasteiger partial charge is 0.394 e. The Morgan fingerprint density at radius 2 is 2.23 bits per heavy atom. The fourth-order valence-corrected chi connectivity index (χ4v) is 2.88. The first-order valence-corrected chi connectivity index (χ1v) is 7.74. The third kappa shape index (κ3) is 3.40. The molecule has 0 aromatic carbocycles. The Hall–Kier alpha value is -2.06. The molecule has 0 saturated heterocycles. The summed E-state index contributed by atoms with van der Waals surface area (Å²) in [6.45, 7) is 5.50. The van der Waals surface area contributed by atoms with Crippen LogP contribution in [0.4, 0.5) is 11.5 Å². The van der Waals surface area contributed by atoms with E-state index in [-0.39, 0.29) is 18.1 Å². The number of hydrogen-bond acceptors (Lipinski definition) is 7. The monoisotopic (exact) mass is 322 g/mol. The molecule has 22 heavy (non-hydrogen) atoms. The minimum Gasteiger partial charge on any atom is -0.394 e. The highest BCUT2D eigenvalue weighted by Gasteiger charge is 2.23. The Morgan fingerprint density at radius 1 is 1.50 bits per heavy atom. The number of anilines is 1. The van der Waals surface area contributed by atoms with Gasteiger partial charge in [0.25, 0.3) is 0 Å². The van der Waals surface area contributed by atoms with E-state index in [0.29, 0.717) is 17.2 Å². The van der Waals surface area contributed by atoms with Crippen molar-refractivity contribution in [2.24, 2.45) is 0 Å². The maximum Gasteiger partial charge on any atom is 0.314 e. The molecular formula is C14H18N4O3S. The molecule has 0 aliphatic heterocycles. The smallest absolute Gasteiger partial charge is 0.314 e. The number of aromatic nitrogens is 2. The summed E-state index contributed by atoms with van der Waals surface area (Å²) < 4.78 is 0. The van der Waals surface area contributed by atoms with Crippen molar-refractivity contribution in [1.29, 1.82) is 0 Å². The van der Waals surface area contributed by atoms with Gasteiger partial charge in [0, 0.05) is 23.1 Å². The third-order valence-corrected chi connectivity index (χ3v) is 4.36. The second kappa shape index (κ2) is 6.80. The summed E-state index contributed by atoms with van der Waals surface area (Å²) in [5, 5.41) is 26.5. The SMILES string of the molecule is Cc1ccnc(N[C@H](CO)c2csc(C(C)C)n2)c1[N+](=O)[O-]. The number of rotatable bonds is 6. The van der Waals surface area contributed by atoms with Crippen LogP contribution >= 0.6 is 11.3 Å². The van der Waals surface area contributed by atoms with Crippen molar-refractivity contribution in [3.05, 3.63) is 44.0 Å². The number of pyridine rings is 1. The zero-order valence-electron chi connectivity index (χ0n) is 12.6. The Balaban J connectivity index is 2.31. The molecule has 0 amide bonds. The van der Waals surface area contributed by atoms with Crippen LogP contribution in [0.15, 0.2) is 17.6 Å². The van der Waals surface area contributed by atoms with Crippen molar-refractivity contribution in [1.82, 2.24) is 9.97 Å². The summed E-state index contributed by atoms with van der Waals surface area (Å²) in [5.41, 5.74) is 1.09. The van der Waals surface area contributed by atoms with Crippen LogP contribution in [0.1, 0.15) is 42.1 Å². The van der Waals surface area contributed by atoms with E-state index < -0.39 is 11.0 Å². The molecule has 0 unspecified atom stereocenters. The van der Waals surface area contributed by atoms with Crippen molar-refractivity contribution in [2.75, 3.05) is 11.9 Å². The number of aliphatic hydroxyl groups excluding tert-OH is 1. The van der Waals surface area contributed by atoms with E-state index in [2.05, 4.69) is 15.3 Å². The normalized spacial score (nSPS) is 12.4. The van der Waals surface area contributed by atoms with Gasteiger partial charge in [-0.3, -0.25) is 10.1 Å². The maximum atomic E-state index is 11.2. The molecule has 0 spiro atoms. The van der Waals surface area contributed by atoms with E-state index in [0.717, 1.165) is 5.01 Å². The number of hydrogen-bond donors (Lipinski definition) is 2. The van der Waals surface area contributed by atoms with Gasteiger partial charge in [-0.2, -0.15) is 0 Å². The number of nitrogens with zero attached hydrogens (tertiary/aromatic N) is 3. The van der Waals surface area contributed by atoms with Gasteiger partial charge in [0.2, 0.25) is 5.82 Å². The van der Waals surface area contributed by atoms with Gasteiger partial charge < -0.3 is 10.4 Å². The zero-order chi connectivity index (χ0) is 16.3. The lowest BCUT2D eigenvalue weighted by atomic mass is 10.2. The van der Waals surface area contributed by atoms with Crippen LogP contribution in [0.3, 0.4) is 0 Å². The van der Waals surface area contributed by atoms with Crippen molar-refractivity contribution in [3.63, 3.8) is 0 Å². The topological polar surface area (TPSA) is 101 Å². The van der Waals surface area contributed by atoms with E-state index in [4.69, 9.17) is 0 Å². The van der Waals surface area contributed by atoms with Gasteiger partial charge in [-0.05, 0) is 13.0 Å². The molecule has 0 bridgehead atoms. The van der Waals surface area contributed by atoms with Crippen molar-refractivity contribution in [2.45, 2.75) is 32.7 Å². The minimum absolute atomic E-state index is 0.0831. The summed E-state index contributed by atoms with van der Waals surface area (Å²) in [6, 6.07) is 1.05. The zero-order valence-corrected chi connectivity index (χ0v) is 13.4. The Morgan fingerprint density at radius 3 is 2.77 bits per heavy atom. The molecule has 118 valence electrons. The third-order valence-electron chi connectivity index (χ3n) is 3.19. The van der Waals surface area contributed by atoms with E-state index in [9.17, 15) is 15.2 Å². The van der Waals surface area contributed by atoms with Gasteiger partial charge in [0.05, 0.1) is 28.3 Å². The molecule has 0 aliphatic carbocycles. The van der Waals surface area contributed by atoms with Gasteiger partial charge in [0.15, 0.2) is 0 Å². The highest BCUT2D eigenvalue weighted by atomic mass is 32.1. The highest BCUT2D eigenvalue weighted by molar-refractivity contribution is 7.09. The predicted octanol–water partition coefficient (Wildman–Crippen LogP) is 3.02. The summed E-state index contributed by atoms with van der Waals surface area (Å²) in [5.74, 6) is 0.438. The molecule has 0 aliphatic rings. The summed E-state index contributed by atoms with van der Waals surface area (Å²) in [7, 11) is 0. The second-order valence-electron chi connectivity index (χ2n) is 5.23. The lowest BCUT2D eigenvalue weighted by molar-refractivity contribution is -0.384. The number of thiazole rings is 1. The summed E-state index contributed by atoms with van der Waals surface area (Å²) >= 11 is 1.51. The predicted molar refractivity (Wildman–Crippen MR) is 85.3 cm³/mol. The number of aliphatic hydroxyl groups is 1. The van der Waals surface area contributed by atoms with Crippen LogP contribution in [0.25, 0.3) is 0 Å². The molecule has 2 heterocycles. The van der Waals surface area contributed by atoms with E-state index in [1.165, 1.54) is 17.5 Å². The maximum absolute atomic E-state index is 11.2. The molecule has 7 nitrogen and oxygen atoms in total. The Kier molecular flexibility index (Phi) is 5.04. The van der Waals surface area contributed by atoms with Gasteiger partial charge >= 0.3 is 5.69 Å². The fourth-order valence-electron chi connectivity index (χ4n) is 1.99. The van der Waals surface area contributed by atoms with Crippen LogP contribution in [0.5, 0.6) is 0 Å². The molecule has 1 atom stereocenters. The van der Waals surface area contributed by atoms with Crippen molar-refractivity contribution >= 4 is 22.8 Å². The van der Waals surface area contributed by atoms with Crippen LogP contribution in [-0.4, -0.2) is 26.6 Å². The highest BCUT2D eigenvalue weighted by Crippen LogP contribution is 2.30. The first-order valence-electron chi connectivity index (χ1n) is 6.86. The van der Waals surface area contributed by atoms with Gasteiger partial charge in [-0.15, -0.1) is 11.3 Å². The van der Waals surface area contributed by atoms with Gasteiger partial charge in [-0.25, -0.2) is 9.97 Å². The number of nitrogens with one attached hydrogen (secondary N) is 1. The Labute approximate surface area is 132 Å². The van der Waals surface area contributed by atoms with Crippen molar-refractivity contribution < 1.29 is 10.0 Å². The fraction of sp³-hybridized carbons (Fsp3) is 0.429. The lowest BCUT2D eigenvalue weighted by Crippen LogP contribution is -2.17. The number of nitro groups is 1. The average Bonchev–Trinajstić information content (AvgIpc) is 2.94. The molecule has 0 fully saturated rings. The quantitative estimate of drug-likeness (QED) is 0.626. The number of aryl methyl sites for hydroxylation is 1. The standard InChI is InChI=1S/C14H18N4O3S/c1-8(2)14-17-11(7-22-14)10(6-19)16-13-12(18(20)21)9(3)4-5-15-13/h4-5,7-8,10,19H,6H2,1-3H3,(H,15,16)/t10-/m1/s1. The molecule has 2 aromatic heterocycles. The second-order valence-corrected chi connectivity index (χ2v) is 6.12. The molecule has 8 heteroatoms. The van der Waals surface area contributed by atoms with Gasteiger partial charge in [0.1, 0.15) is 0 Å². The molecule has 2 N–H and O–H groups in total. The summed E-state index contributed by atoms with van der Waals surface area (Å²) in [6.07, 6.45) is 1.50. The molecular weight excluding hydrogens is 304 g/mol. The van der Waals surface area contributed by atoms with Gasteiger partial charge in [-0.1, -0.05) is 13.8 Å². The summed E-state index contributed by atoms with van der Waals surface area (Å²) in [4.78, 5) is 19.2. The lowest BCUT2D eigenvalue weighted by Gasteiger charge is -2.15. The van der Waals surface area contributed by atoms with Crippen LogP contribution in [0.2, 0.25) is 0 Å². The Bertz CT molecular complexity index is 672.